The van der Waals surface area contributed by atoms with Gasteiger partial charge in [-0.3, -0.25) is 19.9 Å². The van der Waals surface area contributed by atoms with Crippen LogP contribution in [0.4, 0.5) is 10.5 Å². The maximum Gasteiger partial charge on any atom is 0.336 e. The first-order valence-corrected chi connectivity index (χ1v) is 10.1. The Bertz CT molecular complexity index is 1230. The van der Waals surface area contributed by atoms with E-state index < -0.39 is 17.8 Å². The van der Waals surface area contributed by atoms with Crippen LogP contribution in [0.2, 0.25) is 0 Å². The van der Waals surface area contributed by atoms with Gasteiger partial charge < -0.3 is 9.30 Å². The van der Waals surface area contributed by atoms with Gasteiger partial charge in [-0.05, 0) is 74.9 Å². The average molecular weight is 430 g/mol. The van der Waals surface area contributed by atoms with Gasteiger partial charge >= 0.3 is 6.03 Å². The van der Waals surface area contributed by atoms with E-state index in [9.17, 15) is 14.4 Å². The van der Waals surface area contributed by atoms with Crippen molar-refractivity contribution < 1.29 is 19.1 Å². The number of hydrogen-bond acceptors (Lipinski definition) is 5. The summed E-state index contributed by atoms with van der Waals surface area (Å²) in [4.78, 5) is 42.7. The minimum atomic E-state index is -0.801. The van der Waals surface area contributed by atoms with Crippen LogP contribution in [0.1, 0.15) is 23.9 Å². The summed E-state index contributed by atoms with van der Waals surface area (Å²) in [5.41, 5.74) is 3.58. The average Bonchev–Trinajstić information content (AvgIpc) is 3.05. The van der Waals surface area contributed by atoms with Crippen molar-refractivity contribution in [3.05, 3.63) is 77.4 Å². The fourth-order valence-electron chi connectivity index (χ4n) is 3.72. The van der Waals surface area contributed by atoms with Crippen molar-refractivity contribution in [1.29, 1.82) is 0 Å². The van der Waals surface area contributed by atoms with Crippen LogP contribution in [0.25, 0.3) is 11.8 Å². The molecule has 0 radical (unpaired) electrons. The quantitative estimate of drug-likeness (QED) is 0.494. The fraction of sp³-hybridized carbons (Fsp3) is 0.167. The van der Waals surface area contributed by atoms with Crippen LogP contribution in [0.3, 0.4) is 0 Å². The van der Waals surface area contributed by atoms with Gasteiger partial charge in [0.05, 0.1) is 18.5 Å². The molecule has 1 aliphatic heterocycles. The Balaban J connectivity index is 1.71. The van der Waals surface area contributed by atoms with Crippen LogP contribution < -0.4 is 15.0 Å². The zero-order chi connectivity index (χ0) is 22.8. The minimum Gasteiger partial charge on any atom is -0.494 e. The molecule has 0 unspecified atom stereocenters. The molecule has 3 aromatic rings. The highest BCUT2D eigenvalue weighted by atomic mass is 16.5. The molecule has 2 aromatic heterocycles. The summed E-state index contributed by atoms with van der Waals surface area (Å²) in [6.45, 7) is 6.37. The first kappa shape index (κ1) is 21.0. The normalized spacial score (nSPS) is 15.3. The van der Waals surface area contributed by atoms with E-state index in [0.717, 1.165) is 27.7 Å². The summed E-state index contributed by atoms with van der Waals surface area (Å²) < 4.78 is 7.53. The van der Waals surface area contributed by atoms with Gasteiger partial charge in [-0.2, -0.15) is 0 Å². The van der Waals surface area contributed by atoms with E-state index in [1.807, 2.05) is 55.7 Å². The number of nitrogens with zero attached hydrogens (tertiary/aromatic N) is 3. The molecule has 0 aliphatic carbocycles. The predicted molar refractivity (Wildman–Crippen MR) is 120 cm³/mol. The maximum absolute atomic E-state index is 13.1. The number of aryl methyl sites for hydroxylation is 1. The molecule has 8 heteroatoms. The molecule has 162 valence electrons. The number of imide groups is 2. The standard InChI is InChI=1S/C24H22N4O4/c1-4-32-20-9-7-18(8-10-20)27-15(2)12-17(16(27)3)13-21-22(29)26-24(31)28(23(21)30)19-6-5-11-25-14-19/h5-14H,4H2,1-3H3,(H,26,29,31)/b21-13+. The number of hydrogen-bond donors (Lipinski definition) is 1. The number of urea groups is 1. The summed E-state index contributed by atoms with van der Waals surface area (Å²) in [5, 5.41) is 2.23. The lowest BCUT2D eigenvalue weighted by atomic mass is 10.1. The van der Waals surface area contributed by atoms with Gasteiger partial charge in [0.2, 0.25) is 0 Å². The number of ether oxygens (including phenoxy) is 1. The summed E-state index contributed by atoms with van der Waals surface area (Å²) in [7, 11) is 0. The zero-order valence-electron chi connectivity index (χ0n) is 18.0. The molecule has 8 nitrogen and oxygen atoms in total. The molecular formula is C24H22N4O4. The Hall–Kier alpha value is -4.20. The van der Waals surface area contributed by atoms with Crippen molar-refractivity contribution >= 4 is 29.6 Å². The topological polar surface area (TPSA) is 93.5 Å². The largest absolute Gasteiger partial charge is 0.494 e. The molecule has 0 atom stereocenters. The Kier molecular flexibility index (Phi) is 5.59. The molecule has 0 spiro atoms. The molecule has 0 saturated carbocycles. The molecule has 3 heterocycles. The number of amides is 4. The van der Waals surface area contributed by atoms with Crippen molar-refractivity contribution in [2.75, 3.05) is 11.5 Å². The Morgan fingerprint density at radius 1 is 1.06 bits per heavy atom. The first-order chi connectivity index (χ1) is 15.4. The smallest absolute Gasteiger partial charge is 0.336 e. The highest BCUT2D eigenvalue weighted by molar-refractivity contribution is 6.39. The number of barbiturate groups is 1. The van der Waals surface area contributed by atoms with E-state index in [4.69, 9.17) is 4.74 Å². The third-order valence-corrected chi connectivity index (χ3v) is 5.18. The van der Waals surface area contributed by atoms with Crippen LogP contribution in [0.15, 0.2) is 60.4 Å². The fourth-order valence-corrected chi connectivity index (χ4v) is 3.72. The van der Waals surface area contributed by atoms with E-state index in [1.165, 1.54) is 18.5 Å². The summed E-state index contributed by atoms with van der Waals surface area (Å²) in [6.07, 6.45) is 4.44. The number of carbonyl (C=O) groups excluding carboxylic acids is 3. The maximum atomic E-state index is 13.1. The molecule has 4 rings (SSSR count). The van der Waals surface area contributed by atoms with Crippen molar-refractivity contribution in [2.24, 2.45) is 0 Å². The summed E-state index contributed by atoms with van der Waals surface area (Å²) in [5.74, 6) is -0.644. The number of aromatic nitrogens is 2. The SMILES string of the molecule is CCOc1ccc(-n2c(C)cc(/C=C3\C(=O)NC(=O)N(c4cccnc4)C3=O)c2C)cc1. The molecule has 1 N–H and O–H groups in total. The van der Waals surface area contributed by atoms with E-state index in [2.05, 4.69) is 10.3 Å². The second-order valence-electron chi connectivity index (χ2n) is 7.26. The Morgan fingerprint density at radius 3 is 2.47 bits per heavy atom. The molecule has 1 aromatic carbocycles. The molecule has 0 bridgehead atoms. The number of pyridine rings is 1. The summed E-state index contributed by atoms with van der Waals surface area (Å²) >= 11 is 0. The van der Waals surface area contributed by atoms with Crippen LogP contribution in [0, 0.1) is 13.8 Å². The van der Waals surface area contributed by atoms with E-state index in [1.54, 1.807) is 12.1 Å². The third kappa shape index (κ3) is 3.78. The predicted octanol–water partition coefficient (Wildman–Crippen LogP) is 3.55. The summed E-state index contributed by atoms with van der Waals surface area (Å²) in [6, 6.07) is 12.0. The molecule has 32 heavy (non-hydrogen) atoms. The monoisotopic (exact) mass is 430 g/mol. The van der Waals surface area contributed by atoms with E-state index >= 15 is 0 Å². The molecule has 1 saturated heterocycles. The van der Waals surface area contributed by atoms with Gasteiger partial charge in [-0.25, -0.2) is 9.69 Å². The highest BCUT2D eigenvalue weighted by Crippen LogP contribution is 2.26. The van der Waals surface area contributed by atoms with E-state index in [-0.39, 0.29) is 11.3 Å². The van der Waals surface area contributed by atoms with Crippen molar-refractivity contribution in [3.63, 3.8) is 0 Å². The van der Waals surface area contributed by atoms with Crippen LogP contribution >= 0.6 is 0 Å². The Labute approximate surface area is 185 Å². The van der Waals surface area contributed by atoms with Gasteiger partial charge in [0.1, 0.15) is 11.3 Å². The van der Waals surface area contributed by atoms with Gasteiger partial charge in [0.15, 0.2) is 0 Å². The van der Waals surface area contributed by atoms with Crippen LogP contribution in [-0.4, -0.2) is 34.0 Å². The van der Waals surface area contributed by atoms with Crippen molar-refractivity contribution in [3.8, 4) is 11.4 Å². The van der Waals surface area contributed by atoms with Gasteiger partial charge in [0.25, 0.3) is 11.8 Å². The van der Waals surface area contributed by atoms with Crippen LogP contribution in [0.5, 0.6) is 5.75 Å². The minimum absolute atomic E-state index is 0.125. The number of carbonyl (C=O) groups is 3. The second kappa shape index (κ2) is 8.50. The number of anilines is 1. The first-order valence-electron chi connectivity index (χ1n) is 10.1. The molecule has 4 amide bonds. The highest BCUT2D eigenvalue weighted by Gasteiger charge is 2.37. The number of nitrogens with one attached hydrogen (secondary N) is 1. The van der Waals surface area contributed by atoms with E-state index in [0.29, 0.717) is 12.2 Å². The van der Waals surface area contributed by atoms with Gasteiger partial charge in [-0.15, -0.1) is 0 Å². The third-order valence-electron chi connectivity index (χ3n) is 5.18. The lowest BCUT2D eigenvalue weighted by Crippen LogP contribution is -2.54. The molecule has 1 aliphatic rings. The second-order valence-corrected chi connectivity index (χ2v) is 7.26. The number of rotatable bonds is 5. The van der Waals surface area contributed by atoms with Gasteiger partial charge in [-0.1, -0.05) is 0 Å². The van der Waals surface area contributed by atoms with Gasteiger partial charge in [0, 0.05) is 23.3 Å². The zero-order valence-corrected chi connectivity index (χ0v) is 18.0. The van der Waals surface area contributed by atoms with Crippen molar-refractivity contribution in [2.45, 2.75) is 20.8 Å². The van der Waals surface area contributed by atoms with Crippen molar-refractivity contribution in [1.82, 2.24) is 14.9 Å². The molecule has 1 fully saturated rings. The number of benzene rings is 1. The lowest BCUT2D eigenvalue weighted by molar-refractivity contribution is -0.122. The van der Waals surface area contributed by atoms with Crippen LogP contribution in [-0.2, 0) is 9.59 Å². The lowest BCUT2D eigenvalue weighted by Gasteiger charge is -2.26. The Morgan fingerprint density at radius 2 is 1.81 bits per heavy atom. The molecular weight excluding hydrogens is 408 g/mol.